The summed E-state index contributed by atoms with van der Waals surface area (Å²) in [5, 5.41) is 6.64. The second kappa shape index (κ2) is 14.9. The van der Waals surface area contributed by atoms with E-state index in [1.807, 2.05) is 42.5 Å². The van der Waals surface area contributed by atoms with Crippen LogP contribution in [0.5, 0.6) is 11.5 Å². The van der Waals surface area contributed by atoms with Crippen molar-refractivity contribution in [2.24, 2.45) is 4.99 Å². The summed E-state index contributed by atoms with van der Waals surface area (Å²) in [6.07, 6.45) is 0.871. The van der Waals surface area contributed by atoms with Crippen LogP contribution in [0.1, 0.15) is 24.5 Å². The number of nitrogens with zero attached hydrogens (tertiary/aromatic N) is 1. The summed E-state index contributed by atoms with van der Waals surface area (Å²) in [6, 6.07) is 16.0. The highest BCUT2D eigenvalue weighted by Crippen LogP contribution is 2.17. The van der Waals surface area contributed by atoms with E-state index in [1.165, 1.54) is 0 Å². The number of halogens is 1. The lowest BCUT2D eigenvalue weighted by molar-refractivity contribution is 0.172. The Kier molecular flexibility index (Phi) is 12.9. The van der Waals surface area contributed by atoms with Gasteiger partial charge in [0.2, 0.25) is 0 Å². The Bertz CT molecular complexity index is 741. The van der Waals surface area contributed by atoms with Crippen LogP contribution in [0.2, 0.25) is 0 Å². The molecule has 29 heavy (non-hydrogen) atoms. The molecule has 0 aromatic heterocycles. The van der Waals surface area contributed by atoms with E-state index in [0.717, 1.165) is 41.6 Å². The summed E-state index contributed by atoms with van der Waals surface area (Å²) in [4.78, 5) is 4.68. The highest BCUT2D eigenvalue weighted by atomic mass is 127. The van der Waals surface area contributed by atoms with E-state index in [0.29, 0.717) is 26.3 Å². The normalized spacial score (nSPS) is 10.8. The van der Waals surface area contributed by atoms with Crippen molar-refractivity contribution < 1.29 is 14.2 Å². The van der Waals surface area contributed by atoms with Crippen LogP contribution in [0, 0.1) is 0 Å². The molecule has 6 nitrogen and oxygen atoms in total. The number of para-hydroxylation sites is 1. The van der Waals surface area contributed by atoms with Gasteiger partial charge < -0.3 is 24.8 Å². The predicted octanol–water partition coefficient (Wildman–Crippen LogP) is 3.98. The largest absolute Gasteiger partial charge is 0.496 e. The standard InChI is InChI=1S/C22H31N3O3.HI/c1-4-23-22(25-17-19-10-5-6-12-21(19)27-3)24-16-18-9-7-11-20(15-18)28-14-8-13-26-2;/h5-7,9-12,15H,4,8,13-14,16-17H2,1-3H3,(H2,23,24,25);1H. The summed E-state index contributed by atoms with van der Waals surface area (Å²) in [5.41, 5.74) is 2.18. The third-order valence-electron chi connectivity index (χ3n) is 4.06. The molecular weight excluding hydrogens is 481 g/mol. The first-order chi connectivity index (χ1) is 13.8. The highest BCUT2D eigenvalue weighted by molar-refractivity contribution is 14.0. The maximum Gasteiger partial charge on any atom is 0.191 e. The van der Waals surface area contributed by atoms with Crippen molar-refractivity contribution >= 4 is 29.9 Å². The van der Waals surface area contributed by atoms with Crippen molar-refractivity contribution in [3.8, 4) is 11.5 Å². The van der Waals surface area contributed by atoms with Crippen LogP contribution in [0.3, 0.4) is 0 Å². The summed E-state index contributed by atoms with van der Waals surface area (Å²) >= 11 is 0. The van der Waals surface area contributed by atoms with E-state index < -0.39 is 0 Å². The Balaban J connectivity index is 0.00000420. The number of benzene rings is 2. The van der Waals surface area contributed by atoms with Gasteiger partial charge in [-0.2, -0.15) is 0 Å². The van der Waals surface area contributed by atoms with Crippen LogP contribution in [-0.2, 0) is 17.8 Å². The van der Waals surface area contributed by atoms with Gasteiger partial charge >= 0.3 is 0 Å². The third-order valence-corrected chi connectivity index (χ3v) is 4.06. The number of nitrogens with one attached hydrogen (secondary N) is 2. The van der Waals surface area contributed by atoms with Gasteiger partial charge in [-0.05, 0) is 30.7 Å². The van der Waals surface area contributed by atoms with Gasteiger partial charge in [0.15, 0.2) is 5.96 Å². The van der Waals surface area contributed by atoms with Crippen molar-refractivity contribution in [1.82, 2.24) is 10.6 Å². The zero-order valence-corrected chi connectivity index (χ0v) is 19.8. The molecule has 0 aliphatic rings. The van der Waals surface area contributed by atoms with Gasteiger partial charge in [0, 0.05) is 38.8 Å². The molecule has 0 saturated heterocycles. The van der Waals surface area contributed by atoms with E-state index in [-0.39, 0.29) is 24.0 Å². The first-order valence-corrected chi connectivity index (χ1v) is 9.61. The van der Waals surface area contributed by atoms with Crippen LogP contribution in [-0.4, -0.2) is 39.9 Å². The van der Waals surface area contributed by atoms with E-state index in [9.17, 15) is 0 Å². The maximum absolute atomic E-state index is 5.76. The molecule has 2 aromatic rings. The molecule has 7 heteroatoms. The molecular formula is C22H32IN3O3. The number of methoxy groups -OCH3 is 2. The number of rotatable bonds is 11. The van der Waals surface area contributed by atoms with Crippen molar-refractivity contribution in [2.45, 2.75) is 26.4 Å². The molecule has 0 bridgehead atoms. The molecule has 0 heterocycles. The van der Waals surface area contributed by atoms with Crippen molar-refractivity contribution in [2.75, 3.05) is 34.0 Å². The molecule has 160 valence electrons. The predicted molar refractivity (Wildman–Crippen MR) is 128 cm³/mol. The Hall–Kier alpha value is -2.00. The van der Waals surface area contributed by atoms with Crippen LogP contribution in [0.25, 0.3) is 0 Å². The van der Waals surface area contributed by atoms with Crippen molar-refractivity contribution in [3.63, 3.8) is 0 Å². The quantitative estimate of drug-likeness (QED) is 0.206. The average Bonchev–Trinajstić information content (AvgIpc) is 2.74. The second-order valence-electron chi connectivity index (χ2n) is 6.20. The van der Waals surface area contributed by atoms with Gasteiger partial charge in [-0.15, -0.1) is 24.0 Å². The molecule has 2 N–H and O–H groups in total. The van der Waals surface area contributed by atoms with Crippen LogP contribution in [0.4, 0.5) is 0 Å². The van der Waals surface area contributed by atoms with Gasteiger partial charge in [-0.25, -0.2) is 4.99 Å². The van der Waals surface area contributed by atoms with E-state index in [4.69, 9.17) is 14.2 Å². The molecule has 0 fully saturated rings. The summed E-state index contributed by atoms with van der Waals surface area (Å²) in [5.74, 6) is 2.49. The minimum absolute atomic E-state index is 0. The average molecular weight is 513 g/mol. The summed E-state index contributed by atoms with van der Waals surface area (Å²) in [7, 11) is 3.38. The Morgan fingerprint density at radius 3 is 2.59 bits per heavy atom. The fourth-order valence-electron chi connectivity index (χ4n) is 2.67. The second-order valence-corrected chi connectivity index (χ2v) is 6.20. The molecule has 2 rings (SSSR count). The SMILES string of the molecule is CCNC(=NCc1cccc(OCCCOC)c1)NCc1ccccc1OC.I. The van der Waals surface area contributed by atoms with Crippen LogP contribution in [0.15, 0.2) is 53.5 Å². The molecule has 0 unspecified atom stereocenters. The summed E-state index contributed by atoms with van der Waals surface area (Å²) in [6.45, 7) is 5.39. The monoisotopic (exact) mass is 513 g/mol. The lowest BCUT2D eigenvalue weighted by atomic mass is 10.2. The smallest absolute Gasteiger partial charge is 0.191 e. The molecule has 0 radical (unpaired) electrons. The lowest BCUT2D eigenvalue weighted by Gasteiger charge is -2.13. The molecule has 0 aliphatic carbocycles. The highest BCUT2D eigenvalue weighted by Gasteiger charge is 2.04. The van der Waals surface area contributed by atoms with Gasteiger partial charge in [0.25, 0.3) is 0 Å². The lowest BCUT2D eigenvalue weighted by Crippen LogP contribution is -2.36. The maximum atomic E-state index is 5.76. The zero-order valence-electron chi connectivity index (χ0n) is 17.4. The van der Waals surface area contributed by atoms with Crippen molar-refractivity contribution in [1.29, 1.82) is 0 Å². The third kappa shape index (κ3) is 9.36. The molecule has 0 atom stereocenters. The Morgan fingerprint density at radius 1 is 1.00 bits per heavy atom. The van der Waals surface area contributed by atoms with E-state index >= 15 is 0 Å². The molecule has 0 saturated carbocycles. The fraction of sp³-hybridized carbons (Fsp3) is 0.409. The molecule has 0 spiro atoms. The number of guanidine groups is 1. The number of aliphatic imine (C=N–C) groups is 1. The number of hydrogen-bond donors (Lipinski definition) is 2. The first-order valence-electron chi connectivity index (χ1n) is 9.61. The minimum atomic E-state index is 0. The van der Waals surface area contributed by atoms with Gasteiger partial charge in [0.05, 0.1) is 20.3 Å². The first kappa shape index (κ1) is 25.0. The van der Waals surface area contributed by atoms with Gasteiger partial charge in [0.1, 0.15) is 11.5 Å². The Labute approximate surface area is 191 Å². The minimum Gasteiger partial charge on any atom is -0.496 e. The number of hydrogen-bond acceptors (Lipinski definition) is 4. The zero-order chi connectivity index (χ0) is 20.0. The molecule has 0 aliphatic heterocycles. The van der Waals surface area contributed by atoms with Gasteiger partial charge in [-0.3, -0.25) is 0 Å². The summed E-state index contributed by atoms with van der Waals surface area (Å²) < 4.78 is 16.2. The van der Waals surface area contributed by atoms with Gasteiger partial charge in [-0.1, -0.05) is 30.3 Å². The number of ether oxygens (including phenoxy) is 3. The van der Waals surface area contributed by atoms with Crippen molar-refractivity contribution in [3.05, 3.63) is 59.7 Å². The van der Waals surface area contributed by atoms with E-state index in [2.05, 4.69) is 28.6 Å². The van der Waals surface area contributed by atoms with Crippen LogP contribution >= 0.6 is 24.0 Å². The van der Waals surface area contributed by atoms with E-state index in [1.54, 1.807) is 14.2 Å². The molecule has 0 amide bonds. The fourth-order valence-corrected chi connectivity index (χ4v) is 2.67. The molecule has 2 aromatic carbocycles. The topological polar surface area (TPSA) is 64.1 Å². The van der Waals surface area contributed by atoms with Crippen LogP contribution < -0.4 is 20.1 Å². The Morgan fingerprint density at radius 2 is 1.83 bits per heavy atom.